The molecule has 0 amide bonds. The van der Waals surface area contributed by atoms with Crippen molar-refractivity contribution in [3.05, 3.63) is 45.0 Å². The highest BCUT2D eigenvalue weighted by Crippen LogP contribution is 2.46. The Morgan fingerprint density at radius 2 is 1.95 bits per heavy atom. The van der Waals surface area contributed by atoms with E-state index in [2.05, 4.69) is 20.1 Å². The number of carboxylic acid groups (broad SMARTS) is 1. The van der Waals surface area contributed by atoms with Crippen LogP contribution < -0.4 is 10.2 Å². The van der Waals surface area contributed by atoms with Gasteiger partial charge in [0.05, 0.1) is 17.7 Å². The van der Waals surface area contributed by atoms with Crippen LogP contribution in [0.2, 0.25) is 15.1 Å². The molecule has 10 heteroatoms. The number of aromatic nitrogens is 2. The number of nitrogens with zero attached hydrogens (tertiary/aromatic N) is 4. The minimum atomic E-state index is -0.665. The van der Waals surface area contributed by atoms with E-state index in [0.717, 1.165) is 44.5 Å². The first-order chi connectivity index (χ1) is 17.6. The van der Waals surface area contributed by atoms with Gasteiger partial charge in [-0.15, -0.1) is 0 Å². The second kappa shape index (κ2) is 10.8. The minimum Gasteiger partial charge on any atom is -0.481 e. The first-order valence-electron chi connectivity index (χ1n) is 13.1. The van der Waals surface area contributed by atoms with Crippen LogP contribution in [0, 0.1) is 11.3 Å². The quantitative estimate of drug-likeness (QED) is 0.394. The average molecular weight is 567 g/mol. The highest BCUT2D eigenvalue weighted by atomic mass is 35.5. The molecule has 7 nitrogen and oxygen atoms in total. The predicted octanol–water partition coefficient (Wildman–Crippen LogP) is 6.54. The minimum absolute atomic E-state index is 0.119. The van der Waals surface area contributed by atoms with Gasteiger partial charge < -0.3 is 15.3 Å². The summed E-state index contributed by atoms with van der Waals surface area (Å²) in [4.78, 5) is 25.8. The summed E-state index contributed by atoms with van der Waals surface area (Å²) in [6.07, 6.45) is 7.84. The van der Waals surface area contributed by atoms with Crippen molar-refractivity contribution in [3.8, 4) is 0 Å². The maximum Gasteiger partial charge on any atom is 0.309 e. The Hall–Kier alpha value is -1.80. The van der Waals surface area contributed by atoms with E-state index in [1.54, 1.807) is 12.3 Å². The number of carbonyl (C=O) groups is 1. The van der Waals surface area contributed by atoms with Gasteiger partial charge in [-0.2, -0.15) is 4.98 Å². The van der Waals surface area contributed by atoms with Gasteiger partial charge in [-0.1, -0.05) is 47.3 Å². The summed E-state index contributed by atoms with van der Waals surface area (Å²) < 4.78 is 0. The van der Waals surface area contributed by atoms with E-state index >= 15 is 0 Å². The van der Waals surface area contributed by atoms with Gasteiger partial charge >= 0.3 is 5.97 Å². The highest BCUT2D eigenvalue weighted by molar-refractivity contribution is 6.35. The maximum absolute atomic E-state index is 11.6. The highest BCUT2D eigenvalue weighted by Gasteiger charge is 2.51. The number of rotatable bonds is 7. The second-order valence-corrected chi connectivity index (χ2v) is 12.4. The zero-order valence-corrected chi connectivity index (χ0v) is 23.5. The Morgan fingerprint density at radius 1 is 1.16 bits per heavy atom. The lowest BCUT2D eigenvalue weighted by Crippen LogP contribution is -2.58. The van der Waals surface area contributed by atoms with Crippen molar-refractivity contribution >= 4 is 52.5 Å². The van der Waals surface area contributed by atoms with Crippen LogP contribution in [0.4, 0.5) is 11.8 Å². The van der Waals surface area contributed by atoms with E-state index in [4.69, 9.17) is 39.8 Å². The number of benzene rings is 1. The molecule has 0 radical (unpaired) electrons. The number of carboxylic acids is 1. The summed E-state index contributed by atoms with van der Waals surface area (Å²) in [5.74, 6) is 1.10. The summed E-state index contributed by atoms with van der Waals surface area (Å²) in [5, 5.41) is 14.6. The van der Waals surface area contributed by atoms with Crippen molar-refractivity contribution < 1.29 is 9.90 Å². The van der Waals surface area contributed by atoms with Crippen molar-refractivity contribution in [1.82, 2.24) is 14.9 Å². The molecule has 0 spiro atoms. The van der Waals surface area contributed by atoms with Crippen LogP contribution in [0.3, 0.4) is 0 Å². The summed E-state index contributed by atoms with van der Waals surface area (Å²) in [6.45, 7) is 6.74. The third-order valence-corrected chi connectivity index (χ3v) is 9.35. The van der Waals surface area contributed by atoms with Crippen molar-refractivity contribution in [2.24, 2.45) is 11.3 Å². The van der Waals surface area contributed by atoms with Gasteiger partial charge in [0.15, 0.2) is 5.82 Å². The second-order valence-electron chi connectivity index (χ2n) is 11.1. The Labute approximate surface area is 233 Å². The van der Waals surface area contributed by atoms with Crippen LogP contribution in [0.25, 0.3) is 0 Å². The molecule has 2 aliphatic heterocycles. The van der Waals surface area contributed by atoms with Gasteiger partial charge in [-0.25, -0.2) is 4.98 Å². The topological polar surface area (TPSA) is 81.6 Å². The van der Waals surface area contributed by atoms with Crippen LogP contribution in [0.15, 0.2) is 24.4 Å². The molecule has 1 aromatic carbocycles. The van der Waals surface area contributed by atoms with Crippen LogP contribution in [0.5, 0.6) is 0 Å². The van der Waals surface area contributed by atoms with E-state index in [9.17, 15) is 9.90 Å². The summed E-state index contributed by atoms with van der Waals surface area (Å²) in [6, 6.07) is 6.20. The Bertz CT molecular complexity index is 1160. The van der Waals surface area contributed by atoms with Gasteiger partial charge in [0.1, 0.15) is 5.02 Å². The molecule has 5 rings (SSSR count). The number of halogens is 3. The molecule has 3 aliphatic rings. The van der Waals surface area contributed by atoms with Gasteiger partial charge in [0, 0.05) is 35.2 Å². The van der Waals surface area contributed by atoms with Gasteiger partial charge in [0.25, 0.3) is 0 Å². The maximum atomic E-state index is 11.6. The molecular weight excluding hydrogens is 533 g/mol. The SMILES string of the molecule is CC(Nc1nc(N2CC[C@@H](C3CCCCN3C3CC(C)(C(=O)O)C3)C2)ncc1Cl)c1ccc(Cl)cc1Cl. The molecule has 200 valence electrons. The molecule has 1 aromatic heterocycles. The van der Waals surface area contributed by atoms with Gasteiger partial charge in [0.2, 0.25) is 5.95 Å². The van der Waals surface area contributed by atoms with Gasteiger partial charge in [-0.05, 0) is 76.1 Å². The number of nitrogens with one attached hydrogen (secondary N) is 1. The number of likely N-dealkylation sites (tertiary alicyclic amines) is 1. The zero-order valence-electron chi connectivity index (χ0n) is 21.3. The monoisotopic (exact) mass is 565 g/mol. The molecule has 37 heavy (non-hydrogen) atoms. The molecule has 2 aromatic rings. The normalized spacial score (nSPS) is 29.1. The summed E-state index contributed by atoms with van der Waals surface area (Å²) >= 11 is 18.9. The number of piperidine rings is 1. The Morgan fingerprint density at radius 3 is 2.68 bits per heavy atom. The number of aliphatic carboxylic acids is 1. The van der Waals surface area contributed by atoms with Crippen molar-refractivity contribution in [1.29, 1.82) is 0 Å². The van der Waals surface area contributed by atoms with Crippen LogP contribution in [-0.4, -0.2) is 57.7 Å². The fraction of sp³-hybridized carbons (Fsp3) is 0.593. The van der Waals surface area contributed by atoms with Gasteiger partial charge in [-0.3, -0.25) is 9.69 Å². The Balaban J connectivity index is 1.26. The zero-order chi connectivity index (χ0) is 26.3. The van der Waals surface area contributed by atoms with E-state index in [1.807, 2.05) is 26.0 Å². The van der Waals surface area contributed by atoms with Crippen LogP contribution in [0.1, 0.15) is 64.0 Å². The molecule has 2 unspecified atom stereocenters. The molecule has 2 saturated heterocycles. The molecule has 3 heterocycles. The Kier molecular flexibility index (Phi) is 7.79. The third-order valence-electron chi connectivity index (χ3n) is 8.52. The van der Waals surface area contributed by atoms with Crippen molar-refractivity contribution in [3.63, 3.8) is 0 Å². The van der Waals surface area contributed by atoms with E-state index in [0.29, 0.717) is 44.8 Å². The van der Waals surface area contributed by atoms with E-state index < -0.39 is 11.4 Å². The molecule has 3 fully saturated rings. The van der Waals surface area contributed by atoms with E-state index in [1.165, 1.54) is 19.3 Å². The first-order valence-corrected chi connectivity index (χ1v) is 14.3. The largest absolute Gasteiger partial charge is 0.481 e. The smallest absolute Gasteiger partial charge is 0.309 e. The lowest BCUT2D eigenvalue weighted by molar-refractivity contribution is -0.159. The molecule has 0 bridgehead atoms. The lowest BCUT2D eigenvalue weighted by Gasteiger charge is -2.52. The number of hydrogen-bond acceptors (Lipinski definition) is 6. The fourth-order valence-corrected chi connectivity index (χ4v) is 7.08. The molecule has 1 aliphatic carbocycles. The fourth-order valence-electron chi connectivity index (χ4n) is 6.36. The van der Waals surface area contributed by atoms with Crippen LogP contribution in [-0.2, 0) is 4.79 Å². The standard InChI is InChI=1S/C27H34Cl3N5O2/c1-16(20-7-6-18(28)11-21(20)29)32-24-22(30)14-31-26(33-24)34-10-8-17(15-34)23-5-3-4-9-35(23)19-12-27(2,13-19)25(36)37/h6-7,11,14,16-17,19,23H,3-5,8-10,12-13,15H2,1-2H3,(H,36,37)(H,31,32,33)/t16?,17-,19?,23?,27?/m1/s1. The third kappa shape index (κ3) is 5.51. The van der Waals surface area contributed by atoms with E-state index in [-0.39, 0.29) is 6.04 Å². The summed E-state index contributed by atoms with van der Waals surface area (Å²) in [7, 11) is 0. The average Bonchev–Trinajstić information content (AvgIpc) is 3.33. The molecule has 1 saturated carbocycles. The molecule has 3 atom stereocenters. The summed E-state index contributed by atoms with van der Waals surface area (Å²) in [5.41, 5.74) is 0.346. The van der Waals surface area contributed by atoms with Crippen molar-refractivity contribution in [2.75, 3.05) is 29.9 Å². The number of anilines is 2. The lowest BCUT2D eigenvalue weighted by atomic mass is 9.65. The van der Waals surface area contributed by atoms with Crippen molar-refractivity contribution in [2.45, 2.75) is 70.5 Å². The van der Waals surface area contributed by atoms with Crippen LogP contribution >= 0.6 is 34.8 Å². The first kappa shape index (κ1) is 26.8. The molecular formula is C27H34Cl3N5O2. The molecule has 2 N–H and O–H groups in total. The number of hydrogen-bond donors (Lipinski definition) is 2. The predicted molar refractivity (Wildman–Crippen MR) is 149 cm³/mol.